The van der Waals surface area contributed by atoms with Crippen LogP contribution in [-0.2, 0) is 6.42 Å². The minimum atomic E-state index is 0.922. The van der Waals surface area contributed by atoms with Crippen LogP contribution in [0.3, 0.4) is 0 Å². The van der Waals surface area contributed by atoms with Crippen LogP contribution in [0.4, 0.5) is 5.13 Å². The molecule has 2 heterocycles. The van der Waals surface area contributed by atoms with Crippen LogP contribution in [0.15, 0.2) is 34.1 Å². The Bertz CT molecular complexity index is 702. The number of aryl methyl sites for hydroxylation is 1. The van der Waals surface area contributed by atoms with E-state index >= 15 is 0 Å². The molecular weight excluding hydrogens is 340 g/mol. The Hall–Kier alpha value is -0.910. The quantitative estimate of drug-likeness (QED) is 0.707. The molecule has 0 amide bonds. The fourth-order valence-electron chi connectivity index (χ4n) is 1.89. The smallest absolute Gasteiger partial charge is 0.183 e. The zero-order valence-corrected chi connectivity index (χ0v) is 13.7. The van der Waals surface area contributed by atoms with Crippen LogP contribution >= 0.6 is 38.6 Å². The number of benzene rings is 1. The van der Waals surface area contributed by atoms with Crippen molar-refractivity contribution in [2.45, 2.75) is 13.3 Å². The number of thiazole rings is 1. The highest BCUT2D eigenvalue weighted by Gasteiger charge is 2.04. The third-order valence-corrected chi connectivity index (χ3v) is 5.50. The zero-order valence-electron chi connectivity index (χ0n) is 10.4. The number of anilines is 1. The lowest BCUT2D eigenvalue weighted by molar-refractivity contribution is 1.04. The molecule has 0 spiro atoms. The number of nitrogens with zero attached hydrogens (tertiary/aromatic N) is 1. The Labute approximate surface area is 128 Å². The first kappa shape index (κ1) is 13.1. The first-order valence-corrected chi connectivity index (χ1v) is 8.48. The third-order valence-electron chi connectivity index (χ3n) is 2.82. The summed E-state index contributed by atoms with van der Waals surface area (Å²) in [7, 11) is 0. The Morgan fingerprint density at radius 2 is 2.11 bits per heavy atom. The van der Waals surface area contributed by atoms with Crippen molar-refractivity contribution in [3.05, 3.63) is 44.6 Å². The second-order valence-corrected chi connectivity index (χ2v) is 7.95. The van der Waals surface area contributed by atoms with Crippen LogP contribution in [-0.4, -0.2) is 11.5 Å². The van der Waals surface area contributed by atoms with Crippen molar-refractivity contribution < 1.29 is 0 Å². The van der Waals surface area contributed by atoms with Crippen molar-refractivity contribution in [1.82, 2.24) is 4.98 Å². The molecule has 98 valence electrons. The number of hydrogen-bond acceptors (Lipinski definition) is 4. The molecule has 0 radical (unpaired) electrons. The Morgan fingerprint density at radius 1 is 1.21 bits per heavy atom. The normalized spacial score (nSPS) is 11.1. The van der Waals surface area contributed by atoms with E-state index in [1.807, 2.05) is 0 Å². The number of rotatable bonds is 4. The number of fused-ring (bicyclic) bond motifs is 1. The first-order chi connectivity index (χ1) is 9.20. The van der Waals surface area contributed by atoms with Gasteiger partial charge in [-0.3, -0.25) is 0 Å². The van der Waals surface area contributed by atoms with Crippen molar-refractivity contribution in [1.29, 1.82) is 0 Å². The molecule has 0 aliphatic carbocycles. The highest BCUT2D eigenvalue weighted by molar-refractivity contribution is 9.11. The molecule has 0 unspecified atom stereocenters. The Kier molecular flexibility index (Phi) is 3.86. The fraction of sp³-hybridized carbons (Fsp3) is 0.214. The molecule has 0 aliphatic heterocycles. The van der Waals surface area contributed by atoms with Gasteiger partial charge in [0.1, 0.15) is 0 Å². The topological polar surface area (TPSA) is 24.9 Å². The maximum absolute atomic E-state index is 4.61. The van der Waals surface area contributed by atoms with Gasteiger partial charge in [-0.2, -0.15) is 0 Å². The molecule has 0 aliphatic rings. The van der Waals surface area contributed by atoms with Crippen LogP contribution in [0, 0.1) is 6.92 Å². The Morgan fingerprint density at radius 3 is 2.89 bits per heavy atom. The molecule has 0 atom stereocenters. The van der Waals surface area contributed by atoms with E-state index in [9.17, 15) is 0 Å². The molecule has 0 fully saturated rings. The van der Waals surface area contributed by atoms with E-state index in [1.165, 1.54) is 18.9 Å². The molecule has 0 saturated heterocycles. The summed E-state index contributed by atoms with van der Waals surface area (Å²) in [5, 5.41) is 4.42. The highest BCUT2D eigenvalue weighted by Crippen LogP contribution is 2.27. The molecule has 1 aromatic carbocycles. The van der Waals surface area contributed by atoms with Crippen molar-refractivity contribution in [3.8, 4) is 0 Å². The molecule has 3 aromatic rings. The standard InChI is InChI=1S/C14H13BrN2S2/c1-9-2-4-12-11(8-9)17-14(19-12)16-7-6-10-3-5-13(15)18-10/h2-5,8H,6-7H2,1H3,(H,16,17). The predicted molar refractivity (Wildman–Crippen MR) is 88.6 cm³/mol. The van der Waals surface area contributed by atoms with Crippen molar-refractivity contribution in [2.24, 2.45) is 0 Å². The molecule has 1 N–H and O–H groups in total. The van der Waals surface area contributed by atoms with Crippen LogP contribution < -0.4 is 5.32 Å². The van der Waals surface area contributed by atoms with Crippen molar-refractivity contribution in [3.63, 3.8) is 0 Å². The summed E-state index contributed by atoms with van der Waals surface area (Å²) in [6.07, 6.45) is 1.03. The van der Waals surface area contributed by atoms with E-state index in [4.69, 9.17) is 0 Å². The molecule has 5 heteroatoms. The minimum Gasteiger partial charge on any atom is -0.361 e. The average molecular weight is 353 g/mol. The van der Waals surface area contributed by atoms with Gasteiger partial charge in [0.25, 0.3) is 0 Å². The molecular formula is C14H13BrN2S2. The minimum absolute atomic E-state index is 0.922. The lowest BCUT2D eigenvalue weighted by Gasteiger charge is -1.99. The van der Waals surface area contributed by atoms with Gasteiger partial charge in [-0.25, -0.2) is 4.98 Å². The Balaban J connectivity index is 1.65. The van der Waals surface area contributed by atoms with Gasteiger partial charge < -0.3 is 5.32 Å². The van der Waals surface area contributed by atoms with E-state index < -0.39 is 0 Å². The number of halogens is 1. The summed E-state index contributed by atoms with van der Waals surface area (Å²) < 4.78 is 2.44. The van der Waals surface area contributed by atoms with Crippen LogP contribution in [0.5, 0.6) is 0 Å². The molecule has 2 aromatic heterocycles. The molecule has 2 nitrogen and oxygen atoms in total. The van der Waals surface area contributed by atoms with E-state index in [2.05, 4.69) is 63.5 Å². The summed E-state index contributed by atoms with van der Waals surface area (Å²) in [5.74, 6) is 0. The monoisotopic (exact) mass is 352 g/mol. The van der Waals surface area contributed by atoms with Gasteiger partial charge >= 0.3 is 0 Å². The van der Waals surface area contributed by atoms with E-state index in [-0.39, 0.29) is 0 Å². The lowest BCUT2D eigenvalue weighted by atomic mass is 10.2. The summed E-state index contributed by atoms with van der Waals surface area (Å²) in [4.78, 5) is 6.00. The molecule has 3 rings (SSSR count). The summed E-state index contributed by atoms with van der Waals surface area (Å²) in [6, 6.07) is 10.7. The van der Waals surface area contributed by atoms with Crippen LogP contribution in [0.25, 0.3) is 10.2 Å². The van der Waals surface area contributed by atoms with E-state index in [1.54, 1.807) is 22.7 Å². The second-order valence-electron chi connectivity index (χ2n) is 4.37. The predicted octanol–water partition coefficient (Wildman–Crippen LogP) is 5.08. The summed E-state index contributed by atoms with van der Waals surface area (Å²) in [5.41, 5.74) is 2.35. The molecule has 0 bridgehead atoms. The molecule has 0 saturated carbocycles. The van der Waals surface area contributed by atoms with Gasteiger partial charge in [-0.1, -0.05) is 17.4 Å². The number of hydrogen-bond donors (Lipinski definition) is 1. The second kappa shape index (κ2) is 5.61. The summed E-state index contributed by atoms with van der Waals surface area (Å²) >= 11 is 6.99. The van der Waals surface area contributed by atoms with Gasteiger partial charge in [0, 0.05) is 11.4 Å². The maximum Gasteiger partial charge on any atom is 0.183 e. The van der Waals surface area contributed by atoms with Gasteiger partial charge in [0.15, 0.2) is 5.13 Å². The maximum atomic E-state index is 4.61. The zero-order chi connectivity index (χ0) is 13.2. The van der Waals surface area contributed by atoms with Gasteiger partial charge in [-0.05, 0) is 59.1 Å². The van der Waals surface area contributed by atoms with Crippen molar-refractivity contribution in [2.75, 3.05) is 11.9 Å². The fourth-order valence-corrected chi connectivity index (χ4v) is 4.25. The lowest BCUT2D eigenvalue weighted by Crippen LogP contribution is -2.03. The summed E-state index contributed by atoms with van der Waals surface area (Å²) in [6.45, 7) is 3.02. The highest BCUT2D eigenvalue weighted by atomic mass is 79.9. The van der Waals surface area contributed by atoms with Crippen molar-refractivity contribution >= 4 is 54.0 Å². The average Bonchev–Trinajstić information content (AvgIpc) is 2.95. The number of nitrogens with one attached hydrogen (secondary N) is 1. The van der Waals surface area contributed by atoms with Crippen LogP contribution in [0.1, 0.15) is 10.4 Å². The third kappa shape index (κ3) is 3.16. The van der Waals surface area contributed by atoms with E-state index in [0.29, 0.717) is 0 Å². The number of thiophene rings is 1. The van der Waals surface area contributed by atoms with Crippen LogP contribution in [0.2, 0.25) is 0 Å². The van der Waals surface area contributed by atoms with Gasteiger partial charge in [0.05, 0.1) is 14.0 Å². The largest absolute Gasteiger partial charge is 0.361 e. The SMILES string of the molecule is Cc1ccc2sc(NCCc3ccc(Br)s3)nc2c1. The number of aromatic nitrogens is 1. The molecule has 19 heavy (non-hydrogen) atoms. The first-order valence-electron chi connectivity index (χ1n) is 6.06. The van der Waals surface area contributed by atoms with Gasteiger partial charge in [0.2, 0.25) is 0 Å². The van der Waals surface area contributed by atoms with E-state index in [0.717, 1.165) is 23.6 Å². The van der Waals surface area contributed by atoms with Gasteiger partial charge in [-0.15, -0.1) is 11.3 Å².